The monoisotopic (exact) mass is 213 g/mol. The number of benzene rings is 1. The summed E-state index contributed by atoms with van der Waals surface area (Å²) in [6.45, 7) is 0. The van der Waals surface area contributed by atoms with Gasteiger partial charge in [-0.3, -0.25) is 9.59 Å². The highest BCUT2D eigenvalue weighted by Gasteiger charge is 2.11. The van der Waals surface area contributed by atoms with E-state index in [2.05, 4.69) is 0 Å². The minimum absolute atomic E-state index is 0.0824. The van der Waals surface area contributed by atoms with Crippen molar-refractivity contribution < 1.29 is 14.7 Å². The molecule has 0 heterocycles. The number of hydrogen-bond donors (Lipinski definition) is 2. The fourth-order valence-electron chi connectivity index (χ4n) is 0.984. The summed E-state index contributed by atoms with van der Waals surface area (Å²) in [6, 6.07) is 3.84. The lowest BCUT2D eigenvalue weighted by atomic mass is 10.1. The first kappa shape index (κ1) is 10.5. The van der Waals surface area contributed by atoms with E-state index in [0.717, 1.165) is 0 Å². The van der Waals surface area contributed by atoms with Gasteiger partial charge in [-0.1, -0.05) is 0 Å². The Bertz CT molecular complexity index is 390. The number of amides is 1. The van der Waals surface area contributed by atoms with Crippen molar-refractivity contribution >= 4 is 23.3 Å². The largest absolute Gasteiger partial charge is 0.507 e. The number of ketones is 1. The number of hydrogen-bond acceptors (Lipinski definition) is 3. The van der Waals surface area contributed by atoms with Crippen LogP contribution in [0.2, 0.25) is 0 Å². The van der Waals surface area contributed by atoms with Crippen LogP contribution < -0.4 is 5.73 Å². The molecule has 4 nitrogen and oxygen atoms in total. The van der Waals surface area contributed by atoms with E-state index in [9.17, 15) is 14.7 Å². The first-order chi connectivity index (χ1) is 6.56. The first-order valence-corrected chi connectivity index (χ1v) is 4.31. The van der Waals surface area contributed by atoms with Gasteiger partial charge in [0.15, 0.2) is 5.78 Å². The van der Waals surface area contributed by atoms with Gasteiger partial charge < -0.3 is 10.8 Å². The number of rotatable bonds is 3. The molecule has 1 aromatic carbocycles. The molecule has 74 valence electrons. The molecule has 0 spiro atoms. The number of carbonyl (C=O) groups is 2. The topological polar surface area (TPSA) is 80.4 Å². The lowest BCUT2D eigenvalue weighted by molar-refractivity contribution is 0.0997. The smallest absolute Gasteiger partial charge is 0.252 e. The fraction of sp³-hybridized carbons (Fsp3) is 0.111. The third-order valence-corrected chi connectivity index (χ3v) is 1.95. The Kier molecular flexibility index (Phi) is 3.09. The van der Waals surface area contributed by atoms with Gasteiger partial charge in [0.25, 0.3) is 5.91 Å². The van der Waals surface area contributed by atoms with Gasteiger partial charge in [0.05, 0.1) is 11.4 Å². The van der Waals surface area contributed by atoms with Crippen LogP contribution in [0, 0.1) is 0 Å². The van der Waals surface area contributed by atoms with Gasteiger partial charge >= 0.3 is 0 Å². The number of carbonyl (C=O) groups excluding carboxylic acids is 2. The molecule has 1 rings (SSSR count). The summed E-state index contributed by atoms with van der Waals surface area (Å²) in [5.74, 6) is -1.53. The van der Waals surface area contributed by atoms with E-state index in [-0.39, 0.29) is 28.5 Å². The summed E-state index contributed by atoms with van der Waals surface area (Å²) in [6.07, 6.45) is 0. The summed E-state index contributed by atoms with van der Waals surface area (Å²) >= 11 is 5.33. The summed E-state index contributed by atoms with van der Waals surface area (Å²) in [5.41, 5.74) is 5.16. The van der Waals surface area contributed by atoms with Gasteiger partial charge in [-0.2, -0.15) is 0 Å². The summed E-state index contributed by atoms with van der Waals surface area (Å²) in [4.78, 5) is 21.9. The second kappa shape index (κ2) is 4.11. The molecule has 1 amide bonds. The van der Waals surface area contributed by atoms with Crippen LogP contribution in [-0.2, 0) is 0 Å². The average molecular weight is 214 g/mol. The molecule has 0 atom stereocenters. The molecule has 0 fully saturated rings. The van der Waals surface area contributed by atoms with Crippen LogP contribution >= 0.6 is 11.6 Å². The summed E-state index contributed by atoms with van der Waals surface area (Å²) < 4.78 is 0. The molecule has 3 N–H and O–H groups in total. The molecule has 0 aliphatic heterocycles. The number of primary amides is 1. The van der Waals surface area contributed by atoms with Crippen molar-refractivity contribution in [3.8, 4) is 5.75 Å². The van der Waals surface area contributed by atoms with Crippen LogP contribution in [0.1, 0.15) is 20.7 Å². The third kappa shape index (κ3) is 2.03. The van der Waals surface area contributed by atoms with Crippen LogP contribution in [-0.4, -0.2) is 22.7 Å². The molecule has 0 unspecified atom stereocenters. The SMILES string of the molecule is NC(=O)c1cc(C(=O)CCl)ccc1O. The van der Waals surface area contributed by atoms with Gasteiger partial charge in [-0.25, -0.2) is 0 Å². The molecule has 5 heteroatoms. The number of nitrogens with two attached hydrogens (primary N) is 1. The molecule has 0 aromatic heterocycles. The molecular formula is C9H8ClNO3. The number of Topliss-reactive ketones (excluding diaryl/α,β-unsaturated/α-hetero) is 1. The average Bonchev–Trinajstić information content (AvgIpc) is 2.17. The highest BCUT2D eigenvalue weighted by Crippen LogP contribution is 2.18. The Morgan fingerprint density at radius 1 is 1.43 bits per heavy atom. The lowest BCUT2D eigenvalue weighted by Gasteiger charge is -2.02. The summed E-state index contributed by atoms with van der Waals surface area (Å²) in [5, 5.41) is 9.21. The molecule has 0 aliphatic rings. The minimum atomic E-state index is -0.785. The van der Waals surface area contributed by atoms with Crippen LogP contribution in [0.15, 0.2) is 18.2 Å². The van der Waals surface area contributed by atoms with Crippen LogP contribution in [0.5, 0.6) is 5.75 Å². The molecule has 1 aromatic rings. The second-order valence-electron chi connectivity index (χ2n) is 2.65. The highest BCUT2D eigenvalue weighted by molar-refractivity contribution is 6.30. The van der Waals surface area contributed by atoms with E-state index >= 15 is 0 Å². The van der Waals surface area contributed by atoms with E-state index in [4.69, 9.17) is 17.3 Å². The molecule has 0 saturated heterocycles. The normalized spacial score (nSPS) is 9.79. The fourth-order valence-corrected chi connectivity index (χ4v) is 1.14. The zero-order chi connectivity index (χ0) is 10.7. The van der Waals surface area contributed by atoms with Crippen molar-refractivity contribution in [2.45, 2.75) is 0 Å². The zero-order valence-electron chi connectivity index (χ0n) is 7.16. The van der Waals surface area contributed by atoms with Crippen molar-refractivity contribution in [2.75, 3.05) is 5.88 Å². The number of alkyl halides is 1. The Morgan fingerprint density at radius 2 is 2.07 bits per heavy atom. The van der Waals surface area contributed by atoms with Gasteiger partial charge in [-0.05, 0) is 18.2 Å². The van der Waals surface area contributed by atoms with E-state index in [1.165, 1.54) is 18.2 Å². The minimum Gasteiger partial charge on any atom is -0.507 e. The maximum atomic E-state index is 11.1. The van der Waals surface area contributed by atoms with Crippen LogP contribution in [0.25, 0.3) is 0 Å². The molecule has 0 radical (unpaired) electrons. The van der Waals surface area contributed by atoms with E-state index in [1.807, 2.05) is 0 Å². The summed E-state index contributed by atoms with van der Waals surface area (Å²) in [7, 11) is 0. The quantitative estimate of drug-likeness (QED) is 0.579. The number of halogens is 1. The predicted octanol–water partition coefficient (Wildman–Crippen LogP) is 0.913. The molecular weight excluding hydrogens is 206 g/mol. The molecule has 14 heavy (non-hydrogen) atoms. The molecule has 0 bridgehead atoms. The van der Waals surface area contributed by atoms with Gasteiger partial charge in [-0.15, -0.1) is 11.6 Å². The maximum Gasteiger partial charge on any atom is 0.252 e. The van der Waals surface area contributed by atoms with Gasteiger partial charge in [0.2, 0.25) is 0 Å². The molecule has 0 saturated carbocycles. The van der Waals surface area contributed by atoms with Crippen molar-refractivity contribution in [1.82, 2.24) is 0 Å². The Labute approximate surface area is 85.3 Å². The van der Waals surface area contributed by atoms with Crippen molar-refractivity contribution in [2.24, 2.45) is 5.73 Å². The van der Waals surface area contributed by atoms with Crippen molar-refractivity contribution in [3.63, 3.8) is 0 Å². The van der Waals surface area contributed by atoms with E-state index < -0.39 is 5.91 Å². The number of aromatic hydroxyl groups is 1. The molecule has 0 aliphatic carbocycles. The third-order valence-electron chi connectivity index (χ3n) is 1.71. The van der Waals surface area contributed by atoms with E-state index in [1.54, 1.807) is 0 Å². The first-order valence-electron chi connectivity index (χ1n) is 3.78. The van der Waals surface area contributed by atoms with Crippen molar-refractivity contribution in [3.05, 3.63) is 29.3 Å². The van der Waals surface area contributed by atoms with Gasteiger partial charge in [0, 0.05) is 5.56 Å². The standard InChI is InChI=1S/C9H8ClNO3/c10-4-8(13)5-1-2-7(12)6(3-5)9(11)14/h1-3,12H,4H2,(H2,11,14). The van der Waals surface area contributed by atoms with Crippen LogP contribution in [0.3, 0.4) is 0 Å². The van der Waals surface area contributed by atoms with Crippen molar-refractivity contribution in [1.29, 1.82) is 0 Å². The second-order valence-corrected chi connectivity index (χ2v) is 2.92. The maximum absolute atomic E-state index is 11.1. The Balaban J connectivity index is 3.19. The highest BCUT2D eigenvalue weighted by atomic mass is 35.5. The number of phenols is 1. The Morgan fingerprint density at radius 3 is 2.57 bits per heavy atom. The Hall–Kier alpha value is -1.55. The zero-order valence-corrected chi connectivity index (χ0v) is 7.91. The van der Waals surface area contributed by atoms with E-state index in [0.29, 0.717) is 0 Å². The lowest BCUT2D eigenvalue weighted by Crippen LogP contribution is -2.12. The van der Waals surface area contributed by atoms with Gasteiger partial charge in [0.1, 0.15) is 5.75 Å². The predicted molar refractivity (Wildman–Crippen MR) is 51.7 cm³/mol. The van der Waals surface area contributed by atoms with Crippen LogP contribution in [0.4, 0.5) is 0 Å².